The molecule has 0 amide bonds. The molecule has 5 rings (SSSR count). The number of aliphatic carboxylic acids is 1. The first kappa shape index (κ1) is 20.4. The zero-order valence-corrected chi connectivity index (χ0v) is 19.5. The Bertz CT molecular complexity index is 678. The summed E-state index contributed by atoms with van der Waals surface area (Å²) < 4.78 is 0. The van der Waals surface area contributed by atoms with Gasteiger partial charge in [0.1, 0.15) is 0 Å². The maximum Gasteiger partial charge on any atom is 0.310 e. The van der Waals surface area contributed by atoms with Gasteiger partial charge in [-0.3, -0.25) is 4.79 Å². The number of rotatable bonds is 1. The van der Waals surface area contributed by atoms with Crippen LogP contribution in [0, 0.1) is 63.6 Å². The van der Waals surface area contributed by atoms with E-state index in [9.17, 15) is 9.90 Å². The normalized spacial score (nSPS) is 52.6. The third-order valence-electron chi connectivity index (χ3n) is 12.4. The first-order chi connectivity index (χ1) is 13.6. The molecule has 5 fully saturated rings. The third kappa shape index (κ3) is 2.44. The van der Waals surface area contributed by atoms with E-state index in [1.165, 1.54) is 57.8 Å². The quantitative estimate of drug-likeness (QED) is 0.513. The van der Waals surface area contributed by atoms with Gasteiger partial charge in [0.2, 0.25) is 0 Å². The van der Waals surface area contributed by atoms with Crippen LogP contribution >= 0.6 is 0 Å². The predicted octanol–water partition coefficient (Wildman–Crippen LogP) is 7.03. The minimum Gasteiger partial charge on any atom is -0.481 e. The highest BCUT2D eigenvalue weighted by Crippen LogP contribution is 2.75. The van der Waals surface area contributed by atoms with E-state index in [1.807, 2.05) is 0 Å². The van der Waals surface area contributed by atoms with Gasteiger partial charge in [-0.05, 0) is 103 Å². The number of fused-ring (bicyclic) bond motifs is 7. The second-order valence-corrected chi connectivity index (χ2v) is 13.0. The summed E-state index contributed by atoms with van der Waals surface area (Å²) in [4.78, 5) is 12.9. The SMILES string of the molecule is CC1C2(C(=O)O)CCC3C4CCC5CCCCC5C4CCC3C2C(C)(C)C1(C)C. The fraction of sp³-hybridized carbons (Fsp3) is 0.963. The first-order valence-corrected chi connectivity index (χ1v) is 12.9. The van der Waals surface area contributed by atoms with Gasteiger partial charge < -0.3 is 5.11 Å². The molecule has 29 heavy (non-hydrogen) atoms. The van der Waals surface area contributed by atoms with E-state index in [4.69, 9.17) is 0 Å². The van der Waals surface area contributed by atoms with Crippen LogP contribution in [0.25, 0.3) is 0 Å². The summed E-state index contributed by atoms with van der Waals surface area (Å²) >= 11 is 0. The summed E-state index contributed by atoms with van der Waals surface area (Å²) in [6.07, 6.45) is 13.6. The highest BCUT2D eigenvalue weighted by molar-refractivity contribution is 5.77. The third-order valence-corrected chi connectivity index (χ3v) is 12.4. The number of carboxylic acid groups (broad SMARTS) is 1. The molecule has 2 heteroatoms. The number of carbonyl (C=O) groups is 1. The summed E-state index contributed by atoms with van der Waals surface area (Å²) in [7, 11) is 0. The van der Waals surface area contributed by atoms with E-state index in [0.717, 1.165) is 36.0 Å². The van der Waals surface area contributed by atoms with Gasteiger partial charge in [-0.2, -0.15) is 0 Å². The molecule has 0 spiro atoms. The second-order valence-electron chi connectivity index (χ2n) is 13.0. The van der Waals surface area contributed by atoms with Gasteiger partial charge in [0, 0.05) is 0 Å². The lowest BCUT2D eigenvalue weighted by Crippen LogP contribution is -2.55. The molecule has 5 saturated carbocycles. The van der Waals surface area contributed by atoms with Crippen LogP contribution in [0.15, 0.2) is 0 Å². The van der Waals surface area contributed by atoms with Crippen molar-refractivity contribution in [1.82, 2.24) is 0 Å². The monoisotopic (exact) mass is 400 g/mol. The Morgan fingerprint density at radius 1 is 0.724 bits per heavy atom. The molecule has 5 aliphatic rings. The van der Waals surface area contributed by atoms with Crippen molar-refractivity contribution in [1.29, 1.82) is 0 Å². The van der Waals surface area contributed by atoms with Gasteiger partial charge in [0.25, 0.3) is 0 Å². The number of carboxylic acids is 1. The van der Waals surface area contributed by atoms with Crippen LogP contribution in [0.2, 0.25) is 0 Å². The smallest absolute Gasteiger partial charge is 0.310 e. The molecule has 0 heterocycles. The van der Waals surface area contributed by atoms with E-state index in [0.29, 0.717) is 11.8 Å². The Labute approximate surface area is 178 Å². The van der Waals surface area contributed by atoms with E-state index in [2.05, 4.69) is 34.6 Å². The second kappa shape index (κ2) is 6.49. The standard InChI is InChI=1S/C27H44O2/c1-16-25(2,3)26(4,5)23-22-13-12-19-18-9-7-6-8-17(18)10-11-20(19)21(22)14-15-27(16,23)24(28)29/h16-23H,6-15H2,1-5H3,(H,28,29). The Morgan fingerprint density at radius 3 is 2.03 bits per heavy atom. The van der Waals surface area contributed by atoms with Crippen LogP contribution in [-0.2, 0) is 4.79 Å². The molecule has 0 bridgehead atoms. The van der Waals surface area contributed by atoms with Crippen molar-refractivity contribution in [2.75, 3.05) is 0 Å². The Kier molecular flexibility index (Phi) is 4.56. The van der Waals surface area contributed by atoms with Crippen LogP contribution in [0.5, 0.6) is 0 Å². The topological polar surface area (TPSA) is 37.3 Å². The molecule has 2 nitrogen and oxygen atoms in total. The van der Waals surface area contributed by atoms with Crippen molar-refractivity contribution in [3.05, 3.63) is 0 Å². The lowest BCUT2D eigenvalue weighted by Gasteiger charge is -2.59. The molecule has 0 saturated heterocycles. The van der Waals surface area contributed by atoms with Crippen LogP contribution in [0.4, 0.5) is 0 Å². The molecule has 9 unspecified atom stereocenters. The average molecular weight is 401 g/mol. The molecule has 0 aliphatic heterocycles. The van der Waals surface area contributed by atoms with Crippen LogP contribution < -0.4 is 0 Å². The lowest BCUT2D eigenvalue weighted by atomic mass is 9.45. The zero-order valence-electron chi connectivity index (χ0n) is 19.5. The van der Waals surface area contributed by atoms with Crippen molar-refractivity contribution in [3.8, 4) is 0 Å². The summed E-state index contributed by atoms with van der Waals surface area (Å²) in [6, 6.07) is 0. The highest BCUT2D eigenvalue weighted by atomic mass is 16.4. The van der Waals surface area contributed by atoms with E-state index >= 15 is 0 Å². The molecule has 0 aromatic rings. The number of hydrogen-bond acceptors (Lipinski definition) is 1. The highest BCUT2D eigenvalue weighted by Gasteiger charge is 2.73. The molecule has 5 aliphatic carbocycles. The molecule has 0 aromatic heterocycles. The molecule has 9 atom stereocenters. The molecular weight excluding hydrogens is 356 g/mol. The van der Waals surface area contributed by atoms with Gasteiger partial charge in [0.15, 0.2) is 0 Å². The van der Waals surface area contributed by atoms with E-state index in [-0.39, 0.29) is 16.7 Å². The van der Waals surface area contributed by atoms with Crippen LogP contribution in [0.3, 0.4) is 0 Å². The molecule has 164 valence electrons. The van der Waals surface area contributed by atoms with Crippen LogP contribution in [0.1, 0.15) is 98.8 Å². The van der Waals surface area contributed by atoms with Gasteiger partial charge in [0.05, 0.1) is 5.41 Å². The Morgan fingerprint density at radius 2 is 1.31 bits per heavy atom. The number of hydrogen-bond donors (Lipinski definition) is 1. The zero-order chi connectivity index (χ0) is 20.8. The summed E-state index contributed by atoms with van der Waals surface area (Å²) in [5, 5.41) is 10.6. The summed E-state index contributed by atoms with van der Waals surface area (Å²) in [6.45, 7) is 11.9. The van der Waals surface area contributed by atoms with Gasteiger partial charge in [-0.15, -0.1) is 0 Å². The van der Waals surface area contributed by atoms with Crippen LogP contribution in [-0.4, -0.2) is 11.1 Å². The minimum absolute atomic E-state index is 0.0722. The molecule has 1 N–H and O–H groups in total. The lowest BCUT2D eigenvalue weighted by molar-refractivity contribution is -0.171. The Hall–Kier alpha value is -0.530. The molecular formula is C27H44O2. The maximum atomic E-state index is 12.9. The summed E-state index contributed by atoms with van der Waals surface area (Å²) in [5.41, 5.74) is -0.338. The maximum absolute atomic E-state index is 12.9. The average Bonchev–Trinajstić information content (AvgIpc) is 2.83. The van der Waals surface area contributed by atoms with Crippen molar-refractivity contribution in [2.45, 2.75) is 98.8 Å². The van der Waals surface area contributed by atoms with E-state index in [1.54, 1.807) is 0 Å². The van der Waals surface area contributed by atoms with Crippen molar-refractivity contribution in [2.24, 2.45) is 63.6 Å². The predicted molar refractivity (Wildman–Crippen MR) is 117 cm³/mol. The minimum atomic E-state index is -0.497. The van der Waals surface area contributed by atoms with Gasteiger partial charge >= 0.3 is 5.97 Å². The van der Waals surface area contributed by atoms with Gasteiger partial charge in [-0.1, -0.05) is 53.9 Å². The summed E-state index contributed by atoms with van der Waals surface area (Å²) in [5.74, 6) is 5.44. The molecule has 0 aromatic carbocycles. The van der Waals surface area contributed by atoms with E-state index < -0.39 is 11.4 Å². The van der Waals surface area contributed by atoms with Crippen molar-refractivity contribution in [3.63, 3.8) is 0 Å². The largest absolute Gasteiger partial charge is 0.481 e. The van der Waals surface area contributed by atoms with Crippen molar-refractivity contribution >= 4 is 5.97 Å². The first-order valence-electron chi connectivity index (χ1n) is 12.9. The fourth-order valence-electron chi connectivity index (χ4n) is 10.5. The van der Waals surface area contributed by atoms with Crippen molar-refractivity contribution < 1.29 is 9.90 Å². The molecule has 0 radical (unpaired) electrons. The Balaban J connectivity index is 1.51. The fourth-order valence-corrected chi connectivity index (χ4v) is 10.5. The van der Waals surface area contributed by atoms with Gasteiger partial charge in [-0.25, -0.2) is 0 Å².